The van der Waals surface area contributed by atoms with E-state index in [1.165, 1.54) is 23.4 Å². The second kappa shape index (κ2) is 14.7. The summed E-state index contributed by atoms with van der Waals surface area (Å²) in [5, 5.41) is 14.5. The molecule has 0 saturated carbocycles. The Kier molecular flexibility index (Phi) is 10.9. The number of amides is 1. The number of benzene rings is 2. The van der Waals surface area contributed by atoms with Crippen LogP contribution in [0.3, 0.4) is 0 Å². The zero-order chi connectivity index (χ0) is 32.9. The molecule has 0 aromatic heterocycles. The monoisotopic (exact) mass is 660 g/mol. The molecule has 12 nitrogen and oxygen atoms in total. The molecule has 3 aliphatic rings. The summed E-state index contributed by atoms with van der Waals surface area (Å²) in [6.45, 7) is 6.35. The van der Waals surface area contributed by atoms with Crippen LogP contribution in [0, 0.1) is 11.3 Å². The van der Waals surface area contributed by atoms with Gasteiger partial charge in [-0.1, -0.05) is 44.2 Å². The molecule has 0 bridgehead atoms. The summed E-state index contributed by atoms with van der Waals surface area (Å²) in [5.74, 6) is 0.712. The highest BCUT2D eigenvalue weighted by atomic mass is 32.2. The van der Waals surface area contributed by atoms with Gasteiger partial charge in [0, 0.05) is 25.6 Å². The number of ketones is 1. The van der Waals surface area contributed by atoms with Crippen LogP contribution in [0.25, 0.3) is 0 Å². The molecule has 46 heavy (non-hydrogen) atoms. The lowest BCUT2D eigenvalue weighted by Gasteiger charge is -2.35. The first-order valence-corrected chi connectivity index (χ1v) is 17.2. The van der Waals surface area contributed by atoms with Crippen molar-refractivity contribution in [3.8, 4) is 11.5 Å². The third-order valence-corrected chi connectivity index (χ3v) is 10.4. The highest BCUT2D eigenvalue weighted by Gasteiger charge is 2.44. The number of aliphatic hydroxyl groups excluding tert-OH is 1. The van der Waals surface area contributed by atoms with E-state index in [9.17, 15) is 23.1 Å². The van der Waals surface area contributed by atoms with Gasteiger partial charge in [-0.3, -0.25) is 0 Å². The number of nitrogens with zero attached hydrogens (tertiary/aromatic N) is 1. The standard InChI is InChI=1S/C33H44N2O10S/c1-22(36)11-13-33(2,3)21-35(46(39,40)24-9-10-28-29(18-24)42-16-15-41-28)19-27(37)26(17-23-7-5-4-6-8-23)34-32(38)45-30-20-44-31-25(30)12-14-43-31/h4-10,18,25-27,30-31,37H,11-17,19-21H2,1-3H3,(H,34,38)/t25-,26-,27+,30-,31+/m0/s1. The third kappa shape index (κ3) is 8.56. The summed E-state index contributed by atoms with van der Waals surface area (Å²) in [6, 6.07) is 12.8. The van der Waals surface area contributed by atoms with Crippen molar-refractivity contribution in [2.45, 2.75) is 75.9 Å². The molecule has 2 fully saturated rings. The fraction of sp³-hybridized carbons (Fsp3) is 0.576. The van der Waals surface area contributed by atoms with Crippen molar-refractivity contribution in [1.29, 1.82) is 0 Å². The van der Waals surface area contributed by atoms with Gasteiger partial charge in [0.05, 0.1) is 36.2 Å². The van der Waals surface area contributed by atoms with E-state index in [0.717, 1.165) is 5.56 Å². The molecular formula is C33H44N2O10S. The summed E-state index contributed by atoms with van der Waals surface area (Å²) in [7, 11) is -4.19. The largest absolute Gasteiger partial charge is 0.486 e. The van der Waals surface area contributed by atoms with Gasteiger partial charge in [0.15, 0.2) is 17.8 Å². The van der Waals surface area contributed by atoms with E-state index in [1.54, 1.807) is 6.07 Å². The van der Waals surface area contributed by atoms with Crippen LogP contribution in [0.4, 0.5) is 4.79 Å². The maximum atomic E-state index is 14.2. The smallest absolute Gasteiger partial charge is 0.407 e. The van der Waals surface area contributed by atoms with Crippen LogP contribution >= 0.6 is 0 Å². The van der Waals surface area contributed by atoms with Crippen molar-refractivity contribution in [2.75, 3.05) is 39.5 Å². The lowest BCUT2D eigenvalue weighted by Crippen LogP contribution is -2.52. The molecule has 3 heterocycles. The Morgan fingerprint density at radius 2 is 1.80 bits per heavy atom. The van der Waals surface area contributed by atoms with E-state index in [1.807, 2.05) is 44.2 Å². The molecule has 2 aromatic carbocycles. The van der Waals surface area contributed by atoms with Crippen LogP contribution in [-0.4, -0.2) is 93.8 Å². The van der Waals surface area contributed by atoms with Gasteiger partial charge in [0.2, 0.25) is 10.0 Å². The number of nitrogens with one attached hydrogen (secondary N) is 1. The van der Waals surface area contributed by atoms with Crippen molar-refractivity contribution in [3.63, 3.8) is 0 Å². The number of alkyl carbamates (subject to hydrolysis) is 1. The normalized spacial score (nSPS) is 22.2. The fourth-order valence-electron chi connectivity index (χ4n) is 6.01. The Morgan fingerprint density at radius 1 is 1.07 bits per heavy atom. The number of carbonyl (C=O) groups is 2. The lowest BCUT2D eigenvalue weighted by molar-refractivity contribution is -0.117. The van der Waals surface area contributed by atoms with E-state index in [-0.39, 0.29) is 49.1 Å². The molecular weight excluding hydrogens is 616 g/mol. The highest BCUT2D eigenvalue weighted by molar-refractivity contribution is 7.89. The van der Waals surface area contributed by atoms with Gasteiger partial charge in [0.1, 0.15) is 25.1 Å². The number of fused-ring (bicyclic) bond motifs is 2. The van der Waals surface area contributed by atoms with Crippen LogP contribution in [0.5, 0.6) is 11.5 Å². The van der Waals surface area contributed by atoms with Gasteiger partial charge >= 0.3 is 6.09 Å². The van der Waals surface area contributed by atoms with Crippen LogP contribution in [-0.2, 0) is 35.4 Å². The quantitative estimate of drug-likeness (QED) is 0.309. The SMILES string of the molecule is CC(=O)CCC(C)(C)CN(C[C@@H](O)[C@H](Cc1ccccc1)NC(=O)O[C@H]1CO[C@H]2OCC[C@H]21)S(=O)(=O)c1ccc2c(c1)OCCO2. The lowest BCUT2D eigenvalue weighted by atomic mass is 9.87. The Labute approximate surface area is 270 Å². The summed E-state index contributed by atoms with van der Waals surface area (Å²) in [6.07, 6.45) is -1.28. The minimum absolute atomic E-state index is 0.00291. The van der Waals surface area contributed by atoms with Crippen LogP contribution < -0.4 is 14.8 Å². The second-order valence-electron chi connectivity index (χ2n) is 12.9. The zero-order valence-corrected chi connectivity index (χ0v) is 27.4. The molecule has 13 heteroatoms. The topological polar surface area (TPSA) is 150 Å². The van der Waals surface area contributed by atoms with Gasteiger partial charge in [-0.05, 0) is 49.3 Å². The van der Waals surface area contributed by atoms with Crippen molar-refractivity contribution in [2.24, 2.45) is 11.3 Å². The number of rotatable bonds is 14. The Morgan fingerprint density at radius 3 is 2.54 bits per heavy atom. The van der Waals surface area contributed by atoms with Gasteiger partial charge in [0.25, 0.3) is 0 Å². The molecule has 5 rings (SSSR count). The number of Topliss-reactive ketones (excluding diaryl/α,β-unsaturated/α-hetero) is 1. The van der Waals surface area contributed by atoms with Gasteiger partial charge in [-0.25, -0.2) is 13.2 Å². The number of hydrogen-bond donors (Lipinski definition) is 2. The Hall–Kier alpha value is -3.23. The van der Waals surface area contributed by atoms with Crippen LogP contribution in [0.2, 0.25) is 0 Å². The first-order chi connectivity index (χ1) is 21.9. The molecule has 3 aliphatic heterocycles. The van der Waals surface area contributed by atoms with Crippen LogP contribution in [0.1, 0.15) is 45.6 Å². The Balaban J connectivity index is 1.39. The molecule has 0 radical (unpaired) electrons. The molecule has 5 atom stereocenters. The molecule has 0 unspecified atom stereocenters. The first-order valence-electron chi connectivity index (χ1n) is 15.7. The molecule has 252 valence electrons. The fourth-order valence-corrected chi connectivity index (χ4v) is 7.67. The number of sulfonamides is 1. The molecule has 0 aliphatic carbocycles. The minimum Gasteiger partial charge on any atom is -0.486 e. The van der Waals surface area contributed by atoms with Gasteiger partial charge < -0.3 is 38.9 Å². The average Bonchev–Trinajstić information content (AvgIpc) is 3.65. The van der Waals surface area contributed by atoms with Crippen molar-refractivity contribution in [3.05, 3.63) is 54.1 Å². The maximum Gasteiger partial charge on any atom is 0.407 e. The summed E-state index contributed by atoms with van der Waals surface area (Å²) in [4.78, 5) is 25.0. The zero-order valence-electron chi connectivity index (χ0n) is 26.6. The van der Waals surface area contributed by atoms with Gasteiger partial charge in [-0.15, -0.1) is 0 Å². The van der Waals surface area contributed by atoms with Crippen molar-refractivity contribution < 1.29 is 46.8 Å². The predicted octanol–water partition coefficient (Wildman–Crippen LogP) is 3.30. The highest BCUT2D eigenvalue weighted by Crippen LogP contribution is 2.35. The number of aliphatic hydroxyl groups is 1. The Bertz CT molecular complexity index is 1470. The van der Waals surface area contributed by atoms with E-state index >= 15 is 0 Å². The number of carbonyl (C=O) groups excluding carboxylic acids is 2. The molecule has 2 saturated heterocycles. The second-order valence-corrected chi connectivity index (χ2v) is 14.9. The van der Waals surface area contributed by atoms with Crippen molar-refractivity contribution >= 4 is 21.9 Å². The van der Waals surface area contributed by atoms with Crippen LogP contribution in [0.15, 0.2) is 53.4 Å². The summed E-state index contributed by atoms with van der Waals surface area (Å²) >= 11 is 0. The molecule has 1 amide bonds. The molecule has 2 aromatic rings. The predicted molar refractivity (Wildman–Crippen MR) is 167 cm³/mol. The van der Waals surface area contributed by atoms with E-state index < -0.39 is 46.1 Å². The van der Waals surface area contributed by atoms with E-state index in [2.05, 4.69) is 5.32 Å². The molecule has 2 N–H and O–H groups in total. The van der Waals surface area contributed by atoms with Gasteiger partial charge in [-0.2, -0.15) is 4.31 Å². The van der Waals surface area contributed by atoms with E-state index in [0.29, 0.717) is 44.2 Å². The summed E-state index contributed by atoms with van der Waals surface area (Å²) in [5.41, 5.74) is 0.221. The third-order valence-electron chi connectivity index (χ3n) is 8.61. The number of ether oxygens (including phenoxy) is 5. The minimum atomic E-state index is -4.19. The first kappa shape index (κ1) is 34.1. The van der Waals surface area contributed by atoms with E-state index in [4.69, 9.17) is 23.7 Å². The maximum absolute atomic E-state index is 14.2. The summed E-state index contributed by atoms with van der Waals surface area (Å²) < 4.78 is 57.7. The molecule has 0 spiro atoms. The number of hydrogen-bond acceptors (Lipinski definition) is 10. The van der Waals surface area contributed by atoms with Crippen molar-refractivity contribution in [1.82, 2.24) is 9.62 Å². The average molecular weight is 661 g/mol.